The number of benzene rings is 1. The Balaban J connectivity index is 2.72. The van der Waals surface area contributed by atoms with Gasteiger partial charge >= 0.3 is 0 Å². The molecular weight excluding hydrogens is 276 g/mol. The Labute approximate surface area is 121 Å². The monoisotopic (exact) mass is 295 g/mol. The second kappa shape index (κ2) is 6.11. The zero-order chi connectivity index (χ0) is 15.6. The molecule has 4 nitrogen and oxygen atoms in total. The highest BCUT2D eigenvalue weighted by Crippen LogP contribution is 2.19. The highest BCUT2D eigenvalue weighted by atomic mass is 19.1. The van der Waals surface area contributed by atoms with Crippen LogP contribution >= 0.6 is 0 Å². The van der Waals surface area contributed by atoms with Gasteiger partial charge < -0.3 is 5.73 Å². The molecule has 1 heterocycles. The van der Waals surface area contributed by atoms with E-state index in [1.165, 1.54) is 10.7 Å². The second-order valence-corrected chi connectivity index (χ2v) is 4.95. The van der Waals surface area contributed by atoms with E-state index in [2.05, 4.69) is 0 Å². The van der Waals surface area contributed by atoms with E-state index in [1.54, 1.807) is 4.68 Å². The van der Waals surface area contributed by atoms with Crippen molar-refractivity contribution in [2.24, 2.45) is 0 Å². The Bertz CT molecular complexity index is 704. The number of hydrogen-bond acceptors (Lipinski definition) is 2. The van der Waals surface area contributed by atoms with E-state index in [9.17, 15) is 13.6 Å². The molecule has 21 heavy (non-hydrogen) atoms. The predicted molar refractivity (Wildman–Crippen MR) is 78.6 cm³/mol. The minimum atomic E-state index is -0.782. The van der Waals surface area contributed by atoms with Gasteiger partial charge in [0.05, 0.1) is 5.69 Å². The summed E-state index contributed by atoms with van der Waals surface area (Å²) in [4.78, 5) is 12.4. The second-order valence-electron chi connectivity index (χ2n) is 4.95. The summed E-state index contributed by atoms with van der Waals surface area (Å²) in [6.45, 7) is 4.48. The number of nitrogens with two attached hydrogens (primary N) is 1. The van der Waals surface area contributed by atoms with Crippen molar-refractivity contribution in [1.82, 2.24) is 9.36 Å². The number of nitrogens with zero attached hydrogens (tertiary/aromatic N) is 2. The third kappa shape index (κ3) is 2.70. The van der Waals surface area contributed by atoms with Crippen LogP contribution < -0.4 is 11.3 Å². The highest BCUT2D eigenvalue weighted by Gasteiger charge is 2.20. The molecule has 0 spiro atoms. The molecule has 0 aliphatic rings. The molecule has 0 radical (unpaired) electrons. The van der Waals surface area contributed by atoms with E-state index in [1.807, 2.05) is 13.8 Å². The molecule has 2 N–H and O–H groups in total. The molecule has 0 amide bonds. The molecule has 0 aliphatic carbocycles. The van der Waals surface area contributed by atoms with E-state index < -0.39 is 17.2 Å². The van der Waals surface area contributed by atoms with Crippen LogP contribution in [0.5, 0.6) is 0 Å². The smallest absolute Gasteiger partial charge is 0.294 e. The predicted octanol–water partition coefficient (Wildman–Crippen LogP) is 2.86. The molecule has 2 rings (SSSR count). The summed E-state index contributed by atoms with van der Waals surface area (Å²) in [5.74, 6) is -1.46. The molecular formula is C15H19F2N3O. The first-order valence-corrected chi connectivity index (χ1v) is 7.06. The van der Waals surface area contributed by atoms with Crippen LogP contribution in [0, 0.1) is 11.6 Å². The van der Waals surface area contributed by atoms with Crippen LogP contribution in [0.3, 0.4) is 0 Å². The average molecular weight is 295 g/mol. The zero-order valence-corrected chi connectivity index (χ0v) is 12.2. The van der Waals surface area contributed by atoms with Gasteiger partial charge in [0.2, 0.25) is 0 Å². The van der Waals surface area contributed by atoms with Crippen molar-refractivity contribution in [3.05, 3.63) is 45.9 Å². The van der Waals surface area contributed by atoms with Crippen molar-refractivity contribution < 1.29 is 8.78 Å². The Hall–Kier alpha value is -2.11. The van der Waals surface area contributed by atoms with Crippen LogP contribution in [0.25, 0.3) is 5.69 Å². The van der Waals surface area contributed by atoms with Gasteiger partial charge in [0.1, 0.15) is 17.2 Å². The molecule has 0 unspecified atom stereocenters. The van der Waals surface area contributed by atoms with Crippen LogP contribution in [0.2, 0.25) is 0 Å². The van der Waals surface area contributed by atoms with Crippen molar-refractivity contribution in [1.29, 1.82) is 0 Å². The lowest BCUT2D eigenvalue weighted by Gasteiger charge is -2.14. The van der Waals surface area contributed by atoms with Crippen LogP contribution in [0.4, 0.5) is 14.5 Å². The van der Waals surface area contributed by atoms with Crippen LogP contribution in [0.1, 0.15) is 32.4 Å². The maximum absolute atomic E-state index is 14.0. The standard InChI is InChI=1S/C15H19F2N3O/c1-3-5-13-14(18)15(21)20(19(13)8-4-2)12-7-6-10(16)9-11(12)17/h6-7,9H,3-5,8,18H2,1-2H3. The highest BCUT2D eigenvalue weighted by molar-refractivity contribution is 5.46. The van der Waals surface area contributed by atoms with Crippen LogP contribution in [-0.2, 0) is 13.0 Å². The van der Waals surface area contributed by atoms with Crippen molar-refractivity contribution in [3.8, 4) is 5.69 Å². The Morgan fingerprint density at radius 3 is 2.48 bits per heavy atom. The number of anilines is 1. The summed E-state index contributed by atoms with van der Waals surface area (Å²) in [7, 11) is 0. The van der Waals surface area contributed by atoms with Crippen LogP contribution in [-0.4, -0.2) is 9.36 Å². The summed E-state index contributed by atoms with van der Waals surface area (Å²) in [5, 5.41) is 0. The number of hydrogen-bond donors (Lipinski definition) is 1. The summed E-state index contributed by atoms with van der Waals surface area (Å²) in [6, 6.07) is 3.15. The van der Waals surface area contributed by atoms with Gasteiger partial charge in [-0.25, -0.2) is 13.5 Å². The fourth-order valence-corrected chi connectivity index (χ4v) is 2.45. The first-order chi connectivity index (χ1) is 10.0. The van der Waals surface area contributed by atoms with Gasteiger partial charge in [-0.05, 0) is 25.0 Å². The molecule has 0 aliphatic heterocycles. The molecule has 0 saturated heterocycles. The van der Waals surface area contributed by atoms with Gasteiger partial charge in [0.25, 0.3) is 5.56 Å². The summed E-state index contributed by atoms with van der Waals surface area (Å²) < 4.78 is 30.0. The van der Waals surface area contributed by atoms with Gasteiger partial charge in [-0.15, -0.1) is 0 Å². The number of aromatic nitrogens is 2. The van der Waals surface area contributed by atoms with E-state index in [4.69, 9.17) is 5.73 Å². The molecule has 1 aromatic heterocycles. The molecule has 1 aromatic carbocycles. The lowest BCUT2D eigenvalue weighted by molar-refractivity contribution is 0.493. The lowest BCUT2D eigenvalue weighted by Crippen LogP contribution is -2.23. The fraction of sp³-hybridized carbons (Fsp3) is 0.400. The van der Waals surface area contributed by atoms with Gasteiger partial charge in [-0.2, -0.15) is 0 Å². The average Bonchev–Trinajstić information content (AvgIpc) is 2.66. The minimum absolute atomic E-state index is 0.0175. The number of halogens is 2. The largest absolute Gasteiger partial charge is 0.393 e. The summed E-state index contributed by atoms with van der Waals surface area (Å²) in [5.41, 5.74) is 6.28. The first-order valence-electron chi connectivity index (χ1n) is 7.06. The summed E-state index contributed by atoms with van der Waals surface area (Å²) >= 11 is 0. The zero-order valence-electron chi connectivity index (χ0n) is 12.2. The molecule has 114 valence electrons. The summed E-state index contributed by atoms with van der Waals surface area (Å²) in [6.07, 6.45) is 2.23. The van der Waals surface area contributed by atoms with E-state index >= 15 is 0 Å². The van der Waals surface area contributed by atoms with Gasteiger partial charge in [-0.3, -0.25) is 9.48 Å². The maximum atomic E-state index is 14.0. The normalized spacial score (nSPS) is 11.0. The SMILES string of the molecule is CCCc1c(N)c(=O)n(-c2ccc(F)cc2F)n1CCC. The molecule has 6 heteroatoms. The van der Waals surface area contributed by atoms with Crippen molar-refractivity contribution >= 4 is 5.69 Å². The van der Waals surface area contributed by atoms with Crippen molar-refractivity contribution in [2.45, 2.75) is 39.7 Å². The Morgan fingerprint density at radius 1 is 1.19 bits per heavy atom. The Kier molecular flexibility index (Phi) is 4.45. The number of rotatable bonds is 5. The maximum Gasteiger partial charge on any atom is 0.294 e. The van der Waals surface area contributed by atoms with E-state index in [0.29, 0.717) is 18.7 Å². The van der Waals surface area contributed by atoms with E-state index in [0.717, 1.165) is 25.0 Å². The molecule has 0 saturated carbocycles. The third-order valence-corrected chi connectivity index (χ3v) is 3.35. The molecule has 2 aromatic rings. The van der Waals surface area contributed by atoms with E-state index in [-0.39, 0.29) is 11.4 Å². The molecule has 0 bridgehead atoms. The fourth-order valence-electron chi connectivity index (χ4n) is 2.45. The Morgan fingerprint density at radius 2 is 1.90 bits per heavy atom. The topological polar surface area (TPSA) is 53.0 Å². The lowest BCUT2D eigenvalue weighted by atomic mass is 10.2. The number of nitrogen functional groups attached to an aromatic ring is 1. The quantitative estimate of drug-likeness (QED) is 0.922. The molecule has 0 fully saturated rings. The minimum Gasteiger partial charge on any atom is -0.393 e. The van der Waals surface area contributed by atoms with Gasteiger partial charge in [0.15, 0.2) is 5.82 Å². The molecule has 0 atom stereocenters. The van der Waals surface area contributed by atoms with Crippen LogP contribution in [0.15, 0.2) is 23.0 Å². The third-order valence-electron chi connectivity index (χ3n) is 3.35. The van der Waals surface area contributed by atoms with Gasteiger partial charge in [0, 0.05) is 12.6 Å². The van der Waals surface area contributed by atoms with Crippen molar-refractivity contribution in [3.63, 3.8) is 0 Å². The van der Waals surface area contributed by atoms with Crippen molar-refractivity contribution in [2.75, 3.05) is 5.73 Å². The van der Waals surface area contributed by atoms with Gasteiger partial charge in [-0.1, -0.05) is 20.3 Å². The first kappa shape index (κ1) is 15.3.